The number of carbonyl (C=O) groups excluding carboxylic acids is 1. The van der Waals surface area contributed by atoms with Crippen LogP contribution in [0.1, 0.15) is 17.5 Å². The van der Waals surface area contributed by atoms with Gasteiger partial charge in [-0.05, 0) is 29.7 Å². The summed E-state index contributed by atoms with van der Waals surface area (Å²) in [6.07, 6.45) is 6.76. The van der Waals surface area contributed by atoms with Crippen LogP contribution in [0.3, 0.4) is 0 Å². The number of carbonyl (C=O) groups is 1. The number of anilines is 1. The molecule has 34 heavy (non-hydrogen) atoms. The van der Waals surface area contributed by atoms with Crippen LogP contribution in [-0.2, 0) is 23.9 Å². The number of nitrogens with one attached hydrogen (secondary N) is 1. The normalized spacial score (nSPS) is 18.0. The number of aromatic nitrogens is 5. The fourth-order valence-electron chi connectivity index (χ4n) is 4.06. The van der Waals surface area contributed by atoms with Crippen LogP contribution in [0.2, 0.25) is 0 Å². The zero-order valence-corrected chi connectivity index (χ0v) is 19.8. The summed E-state index contributed by atoms with van der Waals surface area (Å²) in [6, 6.07) is 9.26. The van der Waals surface area contributed by atoms with Gasteiger partial charge in [0.2, 0.25) is 5.95 Å². The molecule has 9 nitrogen and oxygen atoms in total. The van der Waals surface area contributed by atoms with E-state index >= 15 is 0 Å². The Labute approximate surface area is 201 Å². The van der Waals surface area contributed by atoms with Gasteiger partial charge >= 0.3 is 0 Å². The Morgan fingerprint density at radius 1 is 1.21 bits per heavy atom. The minimum Gasteiger partial charge on any atom is -0.375 e. The number of rotatable bonds is 7. The molecule has 10 heteroatoms. The minimum absolute atomic E-state index is 0.269. The van der Waals surface area contributed by atoms with E-state index in [0.717, 1.165) is 33.9 Å². The van der Waals surface area contributed by atoms with E-state index in [4.69, 9.17) is 4.98 Å². The van der Waals surface area contributed by atoms with Crippen molar-refractivity contribution in [3.8, 4) is 22.0 Å². The van der Waals surface area contributed by atoms with Gasteiger partial charge in [0.05, 0.1) is 11.9 Å². The van der Waals surface area contributed by atoms with Gasteiger partial charge in [0, 0.05) is 56.9 Å². The average molecular weight is 476 g/mol. The zero-order valence-electron chi connectivity index (χ0n) is 19.0. The second-order valence-corrected chi connectivity index (χ2v) is 9.28. The van der Waals surface area contributed by atoms with Gasteiger partial charge in [-0.1, -0.05) is 18.2 Å². The first-order valence-corrected chi connectivity index (χ1v) is 11.9. The molecule has 1 saturated heterocycles. The van der Waals surface area contributed by atoms with Gasteiger partial charge in [0.1, 0.15) is 10.7 Å². The number of hydrogen-bond acceptors (Lipinski definition) is 8. The van der Waals surface area contributed by atoms with Crippen molar-refractivity contribution in [1.82, 2.24) is 29.6 Å². The van der Waals surface area contributed by atoms with Crippen LogP contribution in [0, 0.1) is 0 Å². The summed E-state index contributed by atoms with van der Waals surface area (Å²) < 4.78 is 1.78. The van der Waals surface area contributed by atoms with Crippen LogP contribution in [0.5, 0.6) is 0 Å². The van der Waals surface area contributed by atoms with Gasteiger partial charge in [-0.25, -0.2) is 15.0 Å². The molecule has 2 N–H and O–H groups in total. The second-order valence-electron chi connectivity index (χ2n) is 8.42. The Kier molecular flexibility index (Phi) is 5.84. The van der Waals surface area contributed by atoms with Crippen LogP contribution in [0.25, 0.3) is 22.0 Å². The average Bonchev–Trinajstić information content (AvgIpc) is 3.57. The molecule has 1 unspecified atom stereocenters. The van der Waals surface area contributed by atoms with Gasteiger partial charge in [-0.3, -0.25) is 9.48 Å². The molecule has 4 aromatic rings. The summed E-state index contributed by atoms with van der Waals surface area (Å²) in [6.45, 7) is 1.23. The van der Waals surface area contributed by atoms with Crippen molar-refractivity contribution in [3.05, 3.63) is 65.4 Å². The Morgan fingerprint density at radius 3 is 2.85 bits per heavy atom. The van der Waals surface area contributed by atoms with E-state index in [-0.39, 0.29) is 5.91 Å². The molecule has 1 amide bonds. The highest BCUT2D eigenvalue weighted by atomic mass is 32.1. The van der Waals surface area contributed by atoms with E-state index < -0.39 is 5.60 Å². The fraction of sp³-hybridized carbons (Fsp3) is 0.292. The molecular formula is C24H25N7O2S. The van der Waals surface area contributed by atoms with E-state index in [1.54, 1.807) is 28.9 Å². The molecule has 1 fully saturated rings. The Bertz CT molecular complexity index is 1330. The number of likely N-dealkylation sites (tertiary alicyclic amines) is 1. The molecule has 1 atom stereocenters. The topological polar surface area (TPSA) is 109 Å². The zero-order chi connectivity index (χ0) is 23.7. The Hall–Kier alpha value is -3.63. The summed E-state index contributed by atoms with van der Waals surface area (Å²) in [5.41, 5.74) is 2.59. The van der Waals surface area contributed by atoms with Gasteiger partial charge in [-0.15, -0.1) is 11.3 Å². The van der Waals surface area contributed by atoms with Crippen LogP contribution >= 0.6 is 11.3 Å². The highest BCUT2D eigenvalue weighted by Crippen LogP contribution is 2.36. The van der Waals surface area contributed by atoms with Gasteiger partial charge in [0.25, 0.3) is 5.91 Å². The van der Waals surface area contributed by atoms with Gasteiger partial charge < -0.3 is 15.3 Å². The maximum Gasteiger partial charge on any atom is 0.258 e. The highest BCUT2D eigenvalue weighted by Gasteiger charge is 2.45. The summed E-state index contributed by atoms with van der Waals surface area (Å²) >= 11 is 1.49. The minimum atomic E-state index is -1.48. The molecule has 0 aliphatic carbocycles. The number of likely N-dealkylation sites (N-methyl/N-ethyl adjacent to an activating group) is 1. The first-order valence-electron chi connectivity index (χ1n) is 11.0. The van der Waals surface area contributed by atoms with E-state index in [9.17, 15) is 9.90 Å². The second kappa shape index (κ2) is 8.96. The quantitative estimate of drug-likeness (QED) is 0.423. The summed E-state index contributed by atoms with van der Waals surface area (Å²) in [4.78, 5) is 27.7. The SMILES string of the molecule is CN1CCC(O)(c2cccc(-c3nc(-c4ccnc(NCCc5cnn(C)c5)n4)cs3)c2)C1=O. The molecule has 0 radical (unpaired) electrons. The van der Waals surface area contributed by atoms with Crippen molar-refractivity contribution in [2.45, 2.75) is 18.4 Å². The third-order valence-electron chi connectivity index (χ3n) is 5.97. The number of thiazole rings is 1. The molecular weight excluding hydrogens is 450 g/mol. The molecule has 1 aliphatic rings. The molecule has 174 valence electrons. The van der Waals surface area contributed by atoms with Crippen molar-refractivity contribution in [3.63, 3.8) is 0 Å². The summed E-state index contributed by atoms with van der Waals surface area (Å²) in [7, 11) is 3.61. The van der Waals surface area contributed by atoms with Crippen molar-refractivity contribution in [2.75, 3.05) is 25.5 Å². The lowest BCUT2D eigenvalue weighted by molar-refractivity contribution is -0.143. The lowest BCUT2D eigenvalue weighted by Gasteiger charge is -2.21. The van der Waals surface area contributed by atoms with Crippen LogP contribution < -0.4 is 5.32 Å². The first-order chi connectivity index (χ1) is 16.4. The first kappa shape index (κ1) is 22.2. The lowest BCUT2D eigenvalue weighted by Crippen LogP contribution is -2.36. The molecule has 4 heterocycles. The lowest BCUT2D eigenvalue weighted by atomic mass is 9.91. The number of amides is 1. The van der Waals surface area contributed by atoms with Gasteiger partial charge in [-0.2, -0.15) is 5.10 Å². The van der Waals surface area contributed by atoms with E-state index in [2.05, 4.69) is 20.4 Å². The third kappa shape index (κ3) is 4.29. The van der Waals surface area contributed by atoms with E-state index in [1.165, 1.54) is 11.3 Å². The molecule has 0 bridgehead atoms. The van der Waals surface area contributed by atoms with Crippen molar-refractivity contribution < 1.29 is 9.90 Å². The standard InChI is InChI=1S/C24H25N7O2S/c1-30-11-8-24(33,22(30)32)18-5-3-4-17(12-18)21-28-20(15-34-21)19-7-10-26-23(29-19)25-9-6-16-13-27-31(2)14-16/h3-5,7,10,12-15,33H,6,8-9,11H2,1-2H3,(H,25,26,29). The Balaban J connectivity index is 1.31. The highest BCUT2D eigenvalue weighted by molar-refractivity contribution is 7.13. The van der Waals surface area contributed by atoms with Crippen molar-refractivity contribution in [1.29, 1.82) is 0 Å². The molecule has 1 aliphatic heterocycles. The number of benzene rings is 1. The van der Waals surface area contributed by atoms with Crippen LogP contribution in [0.15, 0.2) is 54.3 Å². The van der Waals surface area contributed by atoms with Crippen molar-refractivity contribution >= 4 is 23.2 Å². The Morgan fingerprint density at radius 2 is 2.09 bits per heavy atom. The number of hydrogen-bond donors (Lipinski definition) is 2. The monoisotopic (exact) mass is 475 g/mol. The third-order valence-corrected chi connectivity index (χ3v) is 6.87. The fourth-order valence-corrected chi connectivity index (χ4v) is 4.87. The van der Waals surface area contributed by atoms with Crippen molar-refractivity contribution in [2.24, 2.45) is 7.05 Å². The predicted molar refractivity (Wildman–Crippen MR) is 130 cm³/mol. The molecule has 0 saturated carbocycles. The molecule has 1 aromatic carbocycles. The number of aryl methyl sites for hydroxylation is 1. The largest absolute Gasteiger partial charge is 0.375 e. The maximum atomic E-state index is 12.5. The molecule has 0 spiro atoms. The number of nitrogens with zero attached hydrogens (tertiary/aromatic N) is 6. The van der Waals surface area contributed by atoms with Gasteiger partial charge in [0.15, 0.2) is 5.60 Å². The molecule has 5 rings (SSSR count). The maximum absolute atomic E-state index is 12.5. The van der Waals surface area contributed by atoms with Crippen LogP contribution in [0.4, 0.5) is 5.95 Å². The number of aliphatic hydroxyl groups is 1. The predicted octanol–water partition coefficient (Wildman–Crippen LogP) is 2.70. The summed E-state index contributed by atoms with van der Waals surface area (Å²) in [5.74, 6) is 0.276. The van der Waals surface area contributed by atoms with Crippen LogP contribution in [-0.4, -0.2) is 60.8 Å². The van der Waals surface area contributed by atoms with E-state index in [1.807, 2.05) is 49.1 Å². The van der Waals surface area contributed by atoms with E-state index in [0.29, 0.717) is 31.0 Å². The summed E-state index contributed by atoms with van der Waals surface area (Å²) in [5, 5.41) is 21.2. The molecule has 3 aromatic heterocycles. The smallest absolute Gasteiger partial charge is 0.258 e.